The van der Waals surface area contributed by atoms with Gasteiger partial charge in [-0.05, 0) is 43.5 Å². The van der Waals surface area contributed by atoms with Crippen molar-refractivity contribution in [2.75, 3.05) is 18.7 Å². The molecule has 104 valence electrons. The van der Waals surface area contributed by atoms with Crippen LogP contribution in [0.15, 0.2) is 35.5 Å². The number of rotatable bonds is 4. The van der Waals surface area contributed by atoms with Crippen molar-refractivity contribution in [2.45, 2.75) is 12.1 Å². The van der Waals surface area contributed by atoms with Crippen molar-refractivity contribution < 1.29 is 9.53 Å². The molecule has 0 fully saturated rings. The maximum absolute atomic E-state index is 12.1. The van der Waals surface area contributed by atoms with Crippen molar-refractivity contribution in [3.05, 3.63) is 41.7 Å². The summed E-state index contributed by atoms with van der Waals surface area (Å²) in [6.45, 7) is 1.84. The van der Waals surface area contributed by atoms with Crippen LogP contribution in [-0.2, 0) is 0 Å². The molecule has 1 heterocycles. The van der Waals surface area contributed by atoms with Gasteiger partial charge in [-0.25, -0.2) is 9.97 Å². The monoisotopic (exact) mass is 289 g/mol. The van der Waals surface area contributed by atoms with Crippen molar-refractivity contribution >= 4 is 23.4 Å². The second kappa shape index (κ2) is 6.38. The second-order valence-electron chi connectivity index (χ2n) is 4.06. The molecule has 1 aromatic carbocycles. The zero-order valence-electron chi connectivity index (χ0n) is 11.5. The summed E-state index contributed by atoms with van der Waals surface area (Å²) in [7, 11) is 1.60. The molecular formula is C14H15N3O2S. The lowest BCUT2D eigenvalue weighted by Gasteiger charge is -2.07. The number of carbonyl (C=O) groups is 1. The van der Waals surface area contributed by atoms with Gasteiger partial charge in [0.2, 0.25) is 0 Å². The van der Waals surface area contributed by atoms with Gasteiger partial charge in [0.15, 0.2) is 5.16 Å². The number of anilines is 1. The third-order valence-corrected chi connectivity index (χ3v) is 3.14. The predicted octanol–water partition coefficient (Wildman–Crippen LogP) is 2.77. The molecule has 0 bridgehead atoms. The number of hydrogen-bond donors (Lipinski definition) is 1. The van der Waals surface area contributed by atoms with Gasteiger partial charge in [0, 0.05) is 11.4 Å². The molecule has 0 unspecified atom stereocenters. The molecule has 0 aliphatic carbocycles. The molecule has 2 rings (SSSR count). The van der Waals surface area contributed by atoms with E-state index in [1.807, 2.05) is 13.2 Å². The number of carbonyl (C=O) groups excluding carboxylic acids is 1. The van der Waals surface area contributed by atoms with E-state index in [9.17, 15) is 4.79 Å². The van der Waals surface area contributed by atoms with Gasteiger partial charge in [-0.1, -0.05) is 11.8 Å². The molecule has 0 radical (unpaired) electrons. The Bertz CT molecular complexity index is 614. The van der Waals surface area contributed by atoms with Gasteiger partial charge in [-0.15, -0.1) is 0 Å². The van der Waals surface area contributed by atoms with Crippen LogP contribution in [0.25, 0.3) is 0 Å². The van der Waals surface area contributed by atoms with E-state index in [2.05, 4.69) is 15.3 Å². The fourth-order valence-corrected chi connectivity index (χ4v) is 2.04. The number of aryl methyl sites for hydroxylation is 1. The van der Waals surface area contributed by atoms with Crippen molar-refractivity contribution in [2.24, 2.45) is 0 Å². The molecule has 1 aromatic heterocycles. The van der Waals surface area contributed by atoms with Gasteiger partial charge < -0.3 is 10.1 Å². The van der Waals surface area contributed by atoms with E-state index in [1.54, 1.807) is 37.4 Å². The van der Waals surface area contributed by atoms with Crippen LogP contribution in [0.3, 0.4) is 0 Å². The molecule has 0 aliphatic heterocycles. The van der Waals surface area contributed by atoms with E-state index in [0.29, 0.717) is 16.5 Å². The normalized spacial score (nSPS) is 10.2. The number of nitrogens with one attached hydrogen (secondary N) is 1. The Morgan fingerprint density at radius 3 is 2.55 bits per heavy atom. The first-order valence-corrected chi connectivity index (χ1v) is 7.20. The van der Waals surface area contributed by atoms with Crippen LogP contribution in [0.2, 0.25) is 0 Å². The smallest absolute Gasteiger partial charge is 0.274 e. The first-order chi connectivity index (χ1) is 9.62. The summed E-state index contributed by atoms with van der Waals surface area (Å²) in [5, 5.41) is 3.38. The van der Waals surface area contributed by atoms with E-state index in [0.717, 1.165) is 11.4 Å². The first kappa shape index (κ1) is 14.3. The fraction of sp³-hybridized carbons (Fsp3) is 0.214. The summed E-state index contributed by atoms with van der Waals surface area (Å²) in [4.78, 5) is 20.6. The number of aromatic nitrogens is 2. The predicted molar refractivity (Wildman–Crippen MR) is 79.5 cm³/mol. The zero-order valence-corrected chi connectivity index (χ0v) is 12.3. The molecular weight excluding hydrogens is 274 g/mol. The van der Waals surface area contributed by atoms with Crippen LogP contribution in [-0.4, -0.2) is 29.2 Å². The fourth-order valence-electron chi connectivity index (χ4n) is 1.62. The minimum absolute atomic E-state index is 0.254. The number of amides is 1. The van der Waals surface area contributed by atoms with E-state index in [1.165, 1.54) is 11.8 Å². The summed E-state index contributed by atoms with van der Waals surface area (Å²) >= 11 is 1.41. The van der Waals surface area contributed by atoms with Gasteiger partial charge >= 0.3 is 0 Å². The summed E-state index contributed by atoms with van der Waals surface area (Å²) in [5.74, 6) is 0.488. The maximum Gasteiger partial charge on any atom is 0.274 e. The molecule has 0 spiro atoms. The highest BCUT2D eigenvalue weighted by Crippen LogP contribution is 2.16. The van der Waals surface area contributed by atoms with Crippen LogP contribution >= 0.6 is 11.8 Å². The Hall–Kier alpha value is -2.08. The Balaban J connectivity index is 2.16. The number of benzene rings is 1. The number of hydrogen-bond acceptors (Lipinski definition) is 5. The average molecular weight is 289 g/mol. The maximum atomic E-state index is 12.1. The Kier molecular flexibility index (Phi) is 4.57. The lowest BCUT2D eigenvalue weighted by molar-refractivity contribution is 0.102. The average Bonchev–Trinajstić information content (AvgIpc) is 2.47. The van der Waals surface area contributed by atoms with Crippen molar-refractivity contribution in [1.29, 1.82) is 0 Å². The van der Waals surface area contributed by atoms with E-state index in [4.69, 9.17) is 4.74 Å². The second-order valence-corrected chi connectivity index (χ2v) is 4.84. The molecule has 0 saturated heterocycles. The molecule has 0 aliphatic rings. The topological polar surface area (TPSA) is 64.1 Å². The lowest BCUT2D eigenvalue weighted by atomic mass is 10.2. The summed E-state index contributed by atoms with van der Waals surface area (Å²) in [6, 6.07) is 8.79. The molecule has 6 heteroatoms. The summed E-state index contributed by atoms with van der Waals surface area (Å²) in [5.41, 5.74) is 1.82. The van der Waals surface area contributed by atoms with Crippen LogP contribution in [0.5, 0.6) is 5.75 Å². The molecule has 5 nitrogen and oxygen atoms in total. The van der Waals surface area contributed by atoms with Crippen molar-refractivity contribution in [3.8, 4) is 5.75 Å². The number of nitrogens with zero attached hydrogens (tertiary/aromatic N) is 2. The number of ether oxygens (including phenoxy) is 1. The molecule has 0 atom stereocenters. The van der Waals surface area contributed by atoms with E-state index >= 15 is 0 Å². The minimum atomic E-state index is -0.254. The van der Waals surface area contributed by atoms with Crippen LogP contribution in [0, 0.1) is 6.92 Å². The van der Waals surface area contributed by atoms with Gasteiger partial charge in [0.05, 0.1) is 7.11 Å². The molecule has 0 saturated carbocycles. The van der Waals surface area contributed by atoms with Crippen LogP contribution in [0.1, 0.15) is 16.2 Å². The minimum Gasteiger partial charge on any atom is -0.497 e. The van der Waals surface area contributed by atoms with Crippen molar-refractivity contribution in [1.82, 2.24) is 9.97 Å². The Morgan fingerprint density at radius 1 is 1.25 bits per heavy atom. The summed E-state index contributed by atoms with van der Waals surface area (Å²) in [6.07, 6.45) is 1.87. The summed E-state index contributed by atoms with van der Waals surface area (Å²) < 4.78 is 5.07. The Morgan fingerprint density at radius 2 is 1.95 bits per heavy atom. The van der Waals surface area contributed by atoms with E-state index in [-0.39, 0.29) is 5.91 Å². The van der Waals surface area contributed by atoms with Gasteiger partial charge in [-0.3, -0.25) is 4.79 Å². The highest BCUT2D eigenvalue weighted by atomic mass is 32.2. The number of thioether (sulfide) groups is 1. The largest absolute Gasteiger partial charge is 0.497 e. The standard InChI is InChI=1S/C14H15N3O2S/c1-9-8-12(17-14(15-9)20-3)13(18)16-10-4-6-11(19-2)7-5-10/h4-8H,1-3H3,(H,16,18). The quantitative estimate of drug-likeness (QED) is 0.692. The van der Waals surface area contributed by atoms with Gasteiger partial charge in [-0.2, -0.15) is 0 Å². The molecule has 1 N–H and O–H groups in total. The molecule has 2 aromatic rings. The highest BCUT2D eigenvalue weighted by Gasteiger charge is 2.10. The zero-order chi connectivity index (χ0) is 14.5. The molecule has 1 amide bonds. The third-order valence-electron chi connectivity index (χ3n) is 2.60. The van der Waals surface area contributed by atoms with Crippen molar-refractivity contribution in [3.63, 3.8) is 0 Å². The first-order valence-electron chi connectivity index (χ1n) is 5.97. The molecule has 20 heavy (non-hydrogen) atoms. The SMILES string of the molecule is COc1ccc(NC(=O)c2cc(C)nc(SC)n2)cc1. The third kappa shape index (κ3) is 3.48. The Labute approximate surface area is 121 Å². The number of methoxy groups -OCH3 is 1. The van der Waals surface area contributed by atoms with Gasteiger partial charge in [0.1, 0.15) is 11.4 Å². The van der Waals surface area contributed by atoms with Crippen LogP contribution < -0.4 is 10.1 Å². The van der Waals surface area contributed by atoms with E-state index < -0.39 is 0 Å². The van der Waals surface area contributed by atoms with Crippen LogP contribution in [0.4, 0.5) is 5.69 Å². The van der Waals surface area contributed by atoms with Gasteiger partial charge in [0.25, 0.3) is 5.91 Å². The lowest BCUT2D eigenvalue weighted by Crippen LogP contribution is -2.14. The highest BCUT2D eigenvalue weighted by molar-refractivity contribution is 7.98.